The molecule has 1 amide bonds. The lowest BCUT2D eigenvalue weighted by atomic mass is 10.0. The van der Waals surface area contributed by atoms with E-state index in [1.54, 1.807) is 20.8 Å². The molecule has 1 rings (SSSR count). The molecule has 0 aromatic heterocycles. The molecule has 0 spiro atoms. The van der Waals surface area contributed by atoms with Gasteiger partial charge in [0.2, 0.25) is 5.91 Å². The van der Waals surface area contributed by atoms with E-state index in [1.807, 2.05) is 0 Å². The van der Waals surface area contributed by atoms with Gasteiger partial charge in [0.25, 0.3) is 0 Å². The standard InChI is InChI=1S/C14H23N3O3S/c1-5-6-8-14(16-17-14)9-7-12(18)15-10-11-21(19,20)13(2,3)4/h1H,6-11H2,2-4H3,(H,15,18). The van der Waals surface area contributed by atoms with Gasteiger partial charge in [0.1, 0.15) is 0 Å². The number of carbonyl (C=O) groups is 1. The van der Waals surface area contributed by atoms with Crippen molar-refractivity contribution in [2.75, 3.05) is 12.3 Å². The zero-order chi connectivity index (χ0) is 16.1. The van der Waals surface area contributed by atoms with E-state index in [2.05, 4.69) is 21.5 Å². The fraction of sp³-hybridized carbons (Fsp3) is 0.786. The molecule has 6 nitrogen and oxygen atoms in total. The van der Waals surface area contributed by atoms with E-state index in [4.69, 9.17) is 6.42 Å². The summed E-state index contributed by atoms with van der Waals surface area (Å²) in [7, 11) is -3.21. The van der Waals surface area contributed by atoms with Gasteiger partial charge >= 0.3 is 0 Å². The Morgan fingerprint density at radius 3 is 2.38 bits per heavy atom. The number of sulfone groups is 1. The lowest BCUT2D eigenvalue weighted by molar-refractivity contribution is -0.121. The lowest BCUT2D eigenvalue weighted by Gasteiger charge is -2.19. The minimum atomic E-state index is -3.21. The average Bonchev–Trinajstić information content (AvgIpc) is 3.13. The van der Waals surface area contributed by atoms with Crippen LogP contribution in [0.3, 0.4) is 0 Å². The normalized spacial score (nSPS) is 16.3. The molecule has 1 aliphatic rings. The fourth-order valence-electron chi connectivity index (χ4n) is 1.70. The van der Waals surface area contributed by atoms with Crippen LogP contribution in [0.1, 0.15) is 46.5 Å². The minimum absolute atomic E-state index is 0.0563. The van der Waals surface area contributed by atoms with Crippen molar-refractivity contribution in [2.45, 2.75) is 56.9 Å². The first-order valence-corrected chi connectivity index (χ1v) is 8.64. The van der Waals surface area contributed by atoms with Crippen molar-refractivity contribution in [3.05, 3.63) is 0 Å². The molecule has 7 heteroatoms. The van der Waals surface area contributed by atoms with Crippen LogP contribution in [0.2, 0.25) is 0 Å². The van der Waals surface area contributed by atoms with Crippen molar-refractivity contribution >= 4 is 15.7 Å². The summed E-state index contributed by atoms with van der Waals surface area (Å²) in [5, 5.41) is 10.5. The van der Waals surface area contributed by atoms with Crippen LogP contribution in [0.5, 0.6) is 0 Å². The summed E-state index contributed by atoms with van der Waals surface area (Å²) in [6, 6.07) is 0. The molecule has 21 heavy (non-hydrogen) atoms. The summed E-state index contributed by atoms with van der Waals surface area (Å²) in [5.41, 5.74) is -0.471. The molecule has 0 saturated heterocycles. The molecule has 0 bridgehead atoms. The topological polar surface area (TPSA) is 88.0 Å². The van der Waals surface area contributed by atoms with E-state index >= 15 is 0 Å². The third kappa shape index (κ3) is 5.46. The summed E-state index contributed by atoms with van der Waals surface area (Å²) in [5.74, 6) is 2.29. The van der Waals surface area contributed by atoms with Crippen LogP contribution in [0.15, 0.2) is 10.2 Å². The van der Waals surface area contributed by atoms with E-state index in [9.17, 15) is 13.2 Å². The molecule has 0 aromatic rings. The highest BCUT2D eigenvalue weighted by Crippen LogP contribution is 2.37. The van der Waals surface area contributed by atoms with E-state index in [-0.39, 0.29) is 24.6 Å². The number of terminal acetylenes is 1. The van der Waals surface area contributed by atoms with Crippen molar-refractivity contribution in [1.29, 1.82) is 0 Å². The van der Waals surface area contributed by atoms with Gasteiger partial charge in [-0.1, -0.05) is 0 Å². The monoisotopic (exact) mass is 313 g/mol. The number of rotatable bonds is 8. The molecule has 0 radical (unpaired) electrons. The first kappa shape index (κ1) is 17.6. The highest BCUT2D eigenvalue weighted by atomic mass is 32.2. The van der Waals surface area contributed by atoms with E-state index in [0.29, 0.717) is 19.3 Å². The molecule has 0 atom stereocenters. The molecule has 1 aliphatic heterocycles. The maximum Gasteiger partial charge on any atom is 0.220 e. The molecule has 0 aliphatic carbocycles. The number of carbonyl (C=O) groups excluding carboxylic acids is 1. The molecule has 0 saturated carbocycles. The first-order chi connectivity index (χ1) is 9.62. The van der Waals surface area contributed by atoms with Crippen molar-refractivity contribution in [1.82, 2.24) is 5.32 Å². The SMILES string of the molecule is C#CCCC1(CCC(=O)NCCS(=O)(=O)C(C)(C)C)N=N1. The predicted octanol–water partition coefficient (Wildman–Crippen LogP) is 1.67. The van der Waals surface area contributed by atoms with Crippen molar-refractivity contribution in [3.63, 3.8) is 0 Å². The molecule has 0 fully saturated rings. The van der Waals surface area contributed by atoms with Crippen molar-refractivity contribution in [2.24, 2.45) is 10.2 Å². The van der Waals surface area contributed by atoms with Crippen LogP contribution in [0.4, 0.5) is 0 Å². The van der Waals surface area contributed by atoms with Gasteiger partial charge in [0, 0.05) is 32.2 Å². The summed E-state index contributed by atoms with van der Waals surface area (Å²) >= 11 is 0. The Kier molecular flexibility index (Phi) is 5.51. The fourth-order valence-corrected chi connectivity index (χ4v) is 2.68. The molecule has 1 heterocycles. The molecular weight excluding hydrogens is 290 g/mol. The van der Waals surface area contributed by atoms with E-state index < -0.39 is 20.2 Å². The quantitative estimate of drug-likeness (QED) is 0.691. The Labute approximate surface area is 126 Å². The second-order valence-corrected chi connectivity index (χ2v) is 9.03. The van der Waals surface area contributed by atoms with Gasteiger partial charge in [-0.25, -0.2) is 8.42 Å². The van der Waals surface area contributed by atoms with Gasteiger partial charge in [-0.3, -0.25) is 4.79 Å². The molecule has 0 aromatic carbocycles. The van der Waals surface area contributed by atoms with Gasteiger partial charge in [-0.2, -0.15) is 10.2 Å². The summed E-state index contributed by atoms with van der Waals surface area (Å²) in [4.78, 5) is 11.7. The van der Waals surface area contributed by atoms with E-state index in [1.165, 1.54) is 0 Å². The summed E-state index contributed by atoms with van der Waals surface area (Å²) in [6.07, 6.45) is 7.23. The van der Waals surface area contributed by atoms with Crippen LogP contribution in [0.25, 0.3) is 0 Å². The Hall–Kier alpha value is -1.42. The van der Waals surface area contributed by atoms with Gasteiger partial charge in [0.15, 0.2) is 15.5 Å². The average molecular weight is 313 g/mol. The highest BCUT2D eigenvalue weighted by molar-refractivity contribution is 7.92. The second-order valence-electron chi connectivity index (χ2n) is 6.17. The second kappa shape index (κ2) is 6.56. The summed E-state index contributed by atoms with van der Waals surface area (Å²) in [6.45, 7) is 5.07. The third-order valence-corrected chi connectivity index (χ3v) is 6.04. The number of hydrogen-bond donors (Lipinski definition) is 1. The van der Waals surface area contributed by atoms with Gasteiger partial charge in [-0.15, -0.1) is 12.3 Å². The smallest absolute Gasteiger partial charge is 0.220 e. The van der Waals surface area contributed by atoms with Crippen LogP contribution in [0, 0.1) is 12.3 Å². The van der Waals surface area contributed by atoms with E-state index in [0.717, 1.165) is 0 Å². The lowest BCUT2D eigenvalue weighted by Crippen LogP contribution is -2.36. The zero-order valence-electron chi connectivity index (χ0n) is 12.8. The van der Waals surface area contributed by atoms with Gasteiger partial charge in [-0.05, 0) is 20.8 Å². The Morgan fingerprint density at radius 2 is 1.90 bits per heavy atom. The highest BCUT2D eigenvalue weighted by Gasteiger charge is 2.39. The molecule has 118 valence electrons. The molecule has 0 unspecified atom stereocenters. The molecule has 1 N–H and O–H groups in total. The minimum Gasteiger partial charge on any atom is -0.355 e. The molecular formula is C14H23N3O3S. The first-order valence-electron chi connectivity index (χ1n) is 6.98. The predicted molar refractivity (Wildman–Crippen MR) is 81.4 cm³/mol. The Balaban J connectivity index is 2.26. The van der Waals surface area contributed by atoms with Crippen LogP contribution >= 0.6 is 0 Å². The third-order valence-electron chi connectivity index (χ3n) is 3.43. The van der Waals surface area contributed by atoms with Crippen molar-refractivity contribution in [3.8, 4) is 12.3 Å². The number of nitrogens with one attached hydrogen (secondary N) is 1. The largest absolute Gasteiger partial charge is 0.355 e. The number of hydrogen-bond acceptors (Lipinski definition) is 5. The number of nitrogens with zero attached hydrogens (tertiary/aromatic N) is 2. The van der Waals surface area contributed by atoms with Crippen LogP contribution in [-0.4, -0.2) is 37.0 Å². The van der Waals surface area contributed by atoms with Crippen molar-refractivity contribution < 1.29 is 13.2 Å². The maximum atomic E-state index is 11.9. The Morgan fingerprint density at radius 1 is 1.29 bits per heavy atom. The number of amides is 1. The van der Waals surface area contributed by atoms with Gasteiger partial charge in [0.05, 0.1) is 10.5 Å². The zero-order valence-corrected chi connectivity index (χ0v) is 13.7. The maximum absolute atomic E-state index is 11.9. The van der Waals surface area contributed by atoms with Crippen LogP contribution < -0.4 is 5.32 Å². The van der Waals surface area contributed by atoms with Crippen LogP contribution in [-0.2, 0) is 14.6 Å². The summed E-state index contributed by atoms with van der Waals surface area (Å²) < 4.78 is 23.0. The van der Waals surface area contributed by atoms with Gasteiger partial charge < -0.3 is 5.32 Å². The Bertz CT molecular complexity index is 547.